The number of H-pyrrole nitrogens is 1. The fourth-order valence-electron chi connectivity index (χ4n) is 4.85. The van der Waals surface area contributed by atoms with Gasteiger partial charge in [-0.15, -0.1) is 0 Å². The summed E-state index contributed by atoms with van der Waals surface area (Å²) in [4.78, 5) is 29.7. The van der Waals surface area contributed by atoms with Crippen molar-refractivity contribution in [2.75, 3.05) is 38.2 Å². The van der Waals surface area contributed by atoms with E-state index in [1.165, 1.54) is 29.7 Å². The number of pyridine rings is 2. The van der Waals surface area contributed by atoms with Gasteiger partial charge in [0.1, 0.15) is 17.2 Å². The van der Waals surface area contributed by atoms with E-state index in [0.29, 0.717) is 16.9 Å². The molecule has 2 fully saturated rings. The molecular weight excluding hydrogens is 460 g/mol. The van der Waals surface area contributed by atoms with E-state index in [4.69, 9.17) is 14.7 Å². The summed E-state index contributed by atoms with van der Waals surface area (Å²) >= 11 is 1.47. The molecule has 0 bridgehead atoms. The van der Waals surface area contributed by atoms with Crippen molar-refractivity contribution in [2.45, 2.75) is 18.8 Å². The molecule has 2 aliphatic rings. The van der Waals surface area contributed by atoms with E-state index >= 15 is 0 Å². The molecule has 10 heteroatoms. The van der Waals surface area contributed by atoms with Crippen LogP contribution < -0.4 is 15.0 Å². The second kappa shape index (κ2) is 8.24. The van der Waals surface area contributed by atoms with Crippen LogP contribution in [0.4, 0.5) is 5.82 Å². The summed E-state index contributed by atoms with van der Waals surface area (Å²) in [7, 11) is 1.63. The maximum atomic E-state index is 5.27. The number of hydrogen-bond donors (Lipinski definition) is 2. The van der Waals surface area contributed by atoms with E-state index in [1.54, 1.807) is 13.3 Å². The van der Waals surface area contributed by atoms with Crippen LogP contribution in [0.1, 0.15) is 24.3 Å². The number of ether oxygens (including phenoxy) is 1. The number of thiazole rings is 1. The Bertz CT molecular complexity index is 1550. The number of aromatic amines is 1. The smallest absolute Gasteiger partial charge is 0.273 e. The van der Waals surface area contributed by atoms with Crippen LogP contribution >= 0.6 is 11.3 Å². The standard InChI is InChI=1S/C25H24N8OS/c1-34-25-31-20(13-35-25)18-10-16-15(4-5-28-22(16)29-18)23-30-19-12-27-11-17(14-2-3-14)21(19)24(32-23)33-8-6-26-7-9-33/h4-5,10-14,26H,2-3,6-9H2,1H3,(H,28,29). The number of fused-ring (bicyclic) bond motifs is 2. The van der Waals surface area contributed by atoms with Crippen LogP contribution in [0.25, 0.3) is 44.7 Å². The van der Waals surface area contributed by atoms with E-state index in [1.807, 2.05) is 23.8 Å². The number of piperazine rings is 1. The minimum absolute atomic E-state index is 0.567. The molecule has 1 saturated carbocycles. The number of nitrogens with one attached hydrogen (secondary N) is 2. The summed E-state index contributed by atoms with van der Waals surface area (Å²) in [5.74, 6) is 2.27. The zero-order valence-corrected chi connectivity index (χ0v) is 20.1. The Morgan fingerprint density at radius 3 is 2.80 bits per heavy atom. The number of anilines is 1. The number of aromatic nitrogens is 6. The third-order valence-corrected chi connectivity index (χ3v) is 7.56. The highest BCUT2D eigenvalue weighted by Crippen LogP contribution is 2.45. The lowest BCUT2D eigenvalue weighted by Gasteiger charge is -2.30. The molecular formula is C25H24N8OS. The van der Waals surface area contributed by atoms with Crippen molar-refractivity contribution in [2.24, 2.45) is 0 Å². The number of hydrogen-bond acceptors (Lipinski definition) is 9. The molecule has 5 aromatic heterocycles. The summed E-state index contributed by atoms with van der Waals surface area (Å²) in [5.41, 5.74) is 5.62. The van der Waals surface area contributed by atoms with Gasteiger partial charge in [-0.25, -0.2) is 19.9 Å². The predicted molar refractivity (Wildman–Crippen MR) is 137 cm³/mol. The summed E-state index contributed by atoms with van der Waals surface area (Å²) in [6.07, 6.45) is 8.11. The molecule has 0 unspecified atom stereocenters. The Morgan fingerprint density at radius 2 is 2.00 bits per heavy atom. The second-order valence-electron chi connectivity index (χ2n) is 9.01. The monoisotopic (exact) mass is 484 g/mol. The molecule has 2 N–H and O–H groups in total. The molecule has 1 saturated heterocycles. The van der Waals surface area contributed by atoms with E-state index in [-0.39, 0.29) is 0 Å². The summed E-state index contributed by atoms with van der Waals surface area (Å²) in [6.45, 7) is 3.73. The van der Waals surface area contributed by atoms with Gasteiger partial charge in [-0.1, -0.05) is 11.3 Å². The maximum Gasteiger partial charge on any atom is 0.273 e. The molecule has 1 aliphatic heterocycles. The SMILES string of the molecule is COc1nc(-c2cc3c(-c4nc(N5CCNCC5)c5c(C6CC6)cncc5n4)ccnc3[nH]2)cs1. The summed E-state index contributed by atoms with van der Waals surface area (Å²) < 4.78 is 5.27. The topological polar surface area (TPSA) is 105 Å². The van der Waals surface area contributed by atoms with Crippen LogP contribution in [0.5, 0.6) is 5.19 Å². The highest BCUT2D eigenvalue weighted by molar-refractivity contribution is 7.11. The molecule has 1 aliphatic carbocycles. The van der Waals surface area contributed by atoms with Crippen LogP contribution in [0.3, 0.4) is 0 Å². The van der Waals surface area contributed by atoms with Gasteiger partial charge >= 0.3 is 0 Å². The number of methoxy groups -OCH3 is 1. The average Bonchev–Trinajstić information content (AvgIpc) is 3.47. The third kappa shape index (κ3) is 3.60. The Balaban J connectivity index is 1.41. The van der Waals surface area contributed by atoms with Crippen molar-refractivity contribution in [3.05, 3.63) is 41.7 Å². The highest BCUT2D eigenvalue weighted by atomic mass is 32.1. The fourth-order valence-corrected chi connectivity index (χ4v) is 5.49. The van der Waals surface area contributed by atoms with Gasteiger partial charge in [0, 0.05) is 60.3 Å². The van der Waals surface area contributed by atoms with Gasteiger partial charge in [0.05, 0.1) is 24.5 Å². The van der Waals surface area contributed by atoms with Crippen LogP contribution in [0.2, 0.25) is 0 Å². The minimum atomic E-state index is 0.567. The van der Waals surface area contributed by atoms with Crippen LogP contribution in [-0.4, -0.2) is 63.2 Å². The molecule has 0 amide bonds. The Labute approximate surface area is 205 Å². The Morgan fingerprint density at radius 1 is 1.11 bits per heavy atom. The van der Waals surface area contributed by atoms with Crippen molar-refractivity contribution in [1.82, 2.24) is 35.2 Å². The lowest BCUT2D eigenvalue weighted by Crippen LogP contribution is -2.44. The maximum absolute atomic E-state index is 5.27. The Kier molecular flexibility index (Phi) is 4.88. The number of rotatable bonds is 5. The van der Waals surface area contributed by atoms with Gasteiger partial charge in [0.2, 0.25) is 0 Å². The van der Waals surface area contributed by atoms with Gasteiger partial charge in [-0.05, 0) is 36.5 Å². The van der Waals surface area contributed by atoms with Crippen molar-refractivity contribution in [3.63, 3.8) is 0 Å². The van der Waals surface area contributed by atoms with Crippen molar-refractivity contribution < 1.29 is 4.74 Å². The van der Waals surface area contributed by atoms with Gasteiger partial charge in [-0.3, -0.25) is 4.98 Å². The molecule has 5 aromatic rings. The highest BCUT2D eigenvalue weighted by Gasteiger charge is 2.29. The predicted octanol–water partition coefficient (Wildman–Crippen LogP) is 3.99. The molecule has 176 valence electrons. The molecule has 6 heterocycles. The molecule has 35 heavy (non-hydrogen) atoms. The summed E-state index contributed by atoms with van der Waals surface area (Å²) in [5, 5.41) is 8.18. The minimum Gasteiger partial charge on any atom is -0.473 e. The van der Waals surface area contributed by atoms with Crippen molar-refractivity contribution in [3.8, 4) is 28.0 Å². The molecule has 0 atom stereocenters. The van der Waals surface area contributed by atoms with Crippen molar-refractivity contribution in [1.29, 1.82) is 0 Å². The first-order valence-electron chi connectivity index (χ1n) is 11.9. The van der Waals surface area contributed by atoms with Crippen LogP contribution in [-0.2, 0) is 0 Å². The van der Waals surface area contributed by atoms with Gasteiger partial charge < -0.3 is 19.9 Å². The van der Waals surface area contributed by atoms with E-state index in [9.17, 15) is 0 Å². The lowest BCUT2D eigenvalue weighted by molar-refractivity contribution is 0.412. The number of nitrogens with zero attached hydrogens (tertiary/aromatic N) is 6. The van der Waals surface area contributed by atoms with E-state index in [0.717, 1.165) is 70.9 Å². The first-order valence-corrected chi connectivity index (χ1v) is 12.8. The van der Waals surface area contributed by atoms with Crippen LogP contribution in [0.15, 0.2) is 36.1 Å². The molecule has 0 aromatic carbocycles. The first kappa shape index (κ1) is 20.7. The molecule has 7 rings (SSSR count). The zero-order chi connectivity index (χ0) is 23.4. The molecule has 9 nitrogen and oxygen atoms in total. The van der Waals surface area contributed by atoms with Gasteiger partial charge in [0.25, 0.3) is 5.19 Å². The Hall–Kier alpha value is -3.63. The largest absolute Gasteiger partial charge is 0.473 e. The zero-order valence-electron chi connectivity index (χ0n) is 19.3. The molecule has 0 radical (unpaired) electrons. The van der Waals surface area contributed by atoms with Crippen molar-refractivity contribution >= 4 is 39.1 Å². The average molecular weight is 485 g/mol. The van der Waals surface area contributed by atoms with Gasteiger partial charge in [-0.2, -0.15) is 0 Å². The van der Waals surface area contributed by atoms with Crippen LogP contribution in [0, 0.1) is 0 Å². The summed E-state index contributed by atoms with van der Waals surface area (Å²) in [6, 6.07) is 4.06. The van der Waals surface area contributed by atoms with Gasteiger partial charge in [0.15, 0.2) is 5.82 Å². The van der Waals surface area contributed by atoms with E-state index in [2.05, 4.69) is 36.2 Å². The third-order valence-electron chi connectivity index (χ3n) is 6.76. The van der Waals surface area contributed by atoms with E-state index < -0.39 is 0 Å². The first-order chi connectivity index (χ1) is 17.3. The quantitative estimate of drug-likeness (QED) is 0.386. The lowest BCUT2D eigenvalue weighted by atomic mass is 10.1. The normalized spacial score (nSPS) is 16.3. The fraction of sp³-hybridized carbons (Fsp3) is 0.320. The second-order valence-corrected chi connectivity index (χ2v) is 9.83. The molecule has 0 spiro atoms.